The summed E-state index contributed by atoms with van der Waals surface area (Å²) in [4.78, 5) is 37.8. The van der Waals surface area contributed by atoms with Crippen LogP contribution >= 0.6 is 0 Å². The summed E-state index contributed by atoms with van der Waals surface area (Å²) < 4.78 is 0. The first-order chi connectivity index (χ1) is 9.64. The Labute approximate surface area is 125 Å². The number of carbonyl (C=O) groups excluding carboxylic acids is 3. The molecule has 2 rings (SSSR count). The number of imide groups is 1. The van der Waals surface area contributed by atoms with Gasteiger partial charge in [0, 0.05) is 5.54 Å². The molecule has 0 aromatic rings. The molecule has 1 aliphatic carbocycles. The summed E-state index contributed by atoms with van der Waals surface area (Å²) in [5.74, 6) is 0.0812. The molecule has 2 N–H and O–H groups in total. The second-order valence-electron chi connectivity index (χ2n) is 7.36. The van der Waals surface area contributed by atoms with Crippen molar-refractivity contribution in [3.8, 4) is 0 Å². The zero-order chi connectivity index (χ0) is 15.8. The van der Waals surface area contributed by atoms with Gasteiger partial charge in [-0.15, -0.1) is 0 Å². The Kier molecular flexibility index (Phi) is 4.00. The van der Waals surface area contributed by atoms with Crippen LogP contribution in [0.4, 0.5) is 4.79 Å². The SMILES string of the molecule is CC1CCC2(CC1)C(=O)NC(=O)N2CC(=O)NC(C)(C)C. The first-order valence-corrected chi connectivity index (χ1v) is 7.58. The number of rotatable bonds is 2. The summed E-state index contributed by atoms with van der Waals surface area (Å²) in [5, 5.41) is 5.22. The van der Waals surface area contributed by atoms with Gasteiger partial charge < -0.3 is 10.2 Å². The van der Waals surface area contributed by atoms with Crippen molar-refractivity contribution in [2.45, 2.75) is 64.5 Å². The first-order valence-electron chi connectivity index (χ1n) is 7.58. The highest BCUT2D eigenvalue weighted by Crippen LogP contribution is 2.39. The summed E-state index contributed by atoms with van der Waals surface area (Å²) in [6, 6.07) is -0.446. The van der Waals surface area contributed by atoms with Crippen molar-refractivity contribution in [3.05, 3.63) is 0 Å². The van der Waals surface area contributed by atoms with E-state index >= 15 is 0 Å². The van der Waals surface area contributed by atoms with E-state index in [-0.39, 0.29) is 23.9 Å². The third kappa shape index (κ3) is 3.19. The van der Waals surface area contributed by atoms with Crippen LogP contribution in [0.5, 0.6) is 0 Å². The van der Waals surface area contributed by atoms with Gasteiger partial charge in [-0.2, -0.15) is 0 Å². The minimum Gasteiger partial charge on any atom is -0.350 e. The molecule has 1 spiro atoms. The normalized spacial score (nSPS) is 29.7. The van der Waals surface area contributed by atoms with E-state index in [1.54, 1.807) is 0 Å². The third-order valence-corrected chi connectivity index (χ3v) is 4.32. The van der Waals surface area contributed by atoms with E-state index in [9.17, 15) is 14.4 Å². The summed E-state index contributed by atoms with van der Waals surface area (Å²) >= 11 is 0. The average Bonchev–Trinajstić information content (AvgIpc) is 2.55. The molecule has 1 saturated heterocycles. The molecule has 6 heteroatoms. The summed E-state index contributed by atoms with van der Waals surface area (Å²) in [6.07, 6.45) is 3.07. The predicted molar refractivity (Wildman–Crippen MR) is 78.5 cm³/mol. The van der Waals surface area contributed by atoms with Crippen molar-refractivity contribution in [1.82, 2.24) is 15.5 Å². The van der Waals surface area contributed by atoms with Crippen molar-refractivity contribution in [2.75, 3.05) is 6.54 Å². The molecule has 4 amide bonds. The molecular weight excluding hydrogens is 270 g/mol. The highest BCUT2D eigenvalue weighted by Gasteiger charge is 2.54. The van der Waals surface area contributed by atoms with E-state index in [0.717, 1.165) is 12.8 Å². The van der Waals surface area contributed by atoms with Crippen LogP contribution in [0.3, 0.4) is 0 Å². The lowest BCUT2D eigenvalue weighted by atomic mass is 9.76. The van der Waals surface area contributed by atoms with Gasteiger partial charge >= 0.3 is 6.03 Å². The first kappa shape index (κ1) is 15.8. The topological polar surface area (TPSA) is 78.5 Å². The van der Waals surface area contributed by atoms with Crippen LogP contribution in [0.1, 0.15) is 53.4 Å². The van der Waals surface area contributed by atoms with Gasteiger partial charge in [0.25, 0.3) is 5.91 Å². The standard InChI is InChI=1S/C15H25N3O3/c1-10-5-7-15(8-6-10)12(20)16-13(21)18(15)9-11(19)17-14(2,3)4/h10H,5-9H2,1-4H3,(H,17,19)(H,16,20,21). The van der Waals surface area contributed by atoms with Crippen molar-refractivity contribution in [3.63, 3.8) is 0 Å². The molecule has 0 aromatic carbocycles. The maximum Gasteiger partial charge on any atom is 0.325 e. The lowest BCUT2D eigenvalue weighted by Crippen LogP contribution is -2.55. The van der Waals surface area contributed by atoms with E-state index in [1.165, 1.54) is 4.90 Å². The highest BCUT2D eigenvalue weighted by molar-refractivity contribution is 6.08. The van der Waals surface area contributed by atoms with Gasteiger partial charge in [-0.05, 0) is 52.4 Å². The van der Waals surface area contributed by atoms with Gasteiger partial charge in [0.05, 0.1) is 0 Å². The lowest BCUT2D eigenvalue weighted by molar-refractivity contribution is -0.130. The van der Waals surface area contributed by atoms with E-state index in [4.69, 9.17) is 0 Å². The number of nitrogens with zero attached hydrogens (tertiary/aromatic N) is 1. The van der Waals surface area contributed by atoms with Crippen molar-refractivity contribution >= 4 is 17.8 Å². The van der Waals surface area contributed by atoms with Crippen LogP contribution in [0.2, 0.25) is 0 Å². The fourth-order valence-electron chi connectivity index (χ4n) is 3.16. The molecule has 0 bridgehead atoms. The number of amides is 4. The van der Waals surface area contributed by atoms with Crippen LogP contribution < -0.4 is 10.6 Å². The maximum absolute atomic E-state index is 12.2. The van der Waals surface area contributed by atoms with Gasteiger partial charge in [-0.3, -0.25) is 14.9 Å². The molecule has 21 heavy (non-hydrogen) atoms. The van der Waals surface area contributed by atoms with Crippen LogP contribution in [0, 0.1) is 5.92 Å². The molecule has 2 aliphatic rings. The zero-order valence-electron chi connectivity index (χ0n) is 13.3. The molecule has 1 aliphatic heterocycles. The Morgan fingerprint density at radius 2 is 1.90 bits per heavy atom. The number of hydrogen-bond acceptors (Lipinski definition) is 3. The molecule has 0 atom stereocenters. The minimum absolute atomic E-state index is 0.0662. The van der Waals surface area contributed by atoms with Crippen LogP contribution in [0.15, 0.2) is 0 Å². The monoisotopic (exact) mass is 295 g/mol. The largest absolute Gasteiger partial charge is 0.350 e. The molecule has 0 radical (unpaired) electrons. The number of hydrogen-bond donors (Lipinski definition) is 2. The molecular formula is C15H25N3O3. The maximum atomic E-state index is 12.2. The quantitative estimate of drug-likeness (QED) is 0.756. The zero-order valence-corrected chi connectivity index (χ0v) is 13.3. The highest BCUT2D eigenvalue weighted by atomic mass is 16.2. The molecule has 6 nitrogen and oxygen atoms in total. The second kappa shape index (κ2) is 5.31. The van der Waals surface area contributed by atoms with Crippen molar-refractivity contribution in [1.29, 1.82) is 0 Å². The van der Waals surface area contributed by atoms with Crippen LogP contribution in [-0.4, -0.2) is 40.4 Å². The van der Waals surface area contributed by atoms with E-state index in [2.05, 4.69) is 17.6 Å². The Balaban J connectivity index is 2.14. The van der Waals surface area contributed by atoms with Gasteiger partial charge in [-0.25, -0.2) is 4.79 Å². The third-order valence-electron chi connectivity index (χ3n) is 4.32. The van der Waals surface area contributed by atoms with E-state index < -0.39 is 11.6 Å². The summed E-state index contributed by atoms with van der Waals surface area (Å²) in [7, 11) is 0. The molecule has 1 heterocycles. The lowest BCUT2D eigenvalue weighted by Gasteiger charge is -2.40. The van der Waals surface area contributed by atoms with Gasteiger partial charge in [0.15, 0.2) is 0 Å². The van der Waals surface area contributed by atoms with E-state index in [0.29, 0.717) is 18.8 Å². The van der Waals surface area contributed by atoms with E-state index in [1.807, 2.05) is 20.8 Å². The molecule has 1 saturated carbocycles. The van der Waals surface area contributed by atoms with Gasteiger partial charge in [0.1, 0.15) is 12.1 Å². The molecule has 0 aromatic heterocycles. The smallest absolute Gasteiger partial charge is 0.325 e. The Morgan fingerprint density at radius 3 is 2.43 bits per heavy atom. The molecule has 2 fully saturated rings. The summed E-state index contributed by atoms with van der Waals surface area (Å²) in [6.45, 7) is 7.75. The second-order valence-corrected chi connectivity index (χ2v) is 7.36. The minimum atomic E-state index is -0.821. The van der Waals surface area contributed by atoms with Crippen LogP contribution in [0.25, 0.3) is 0 Å². The predicted octanol–water partition coefficient (Wildman–Crippen LogP) is 1.40. The van der Waals surface area contributed by atoms with Crippen LogP contribution in [-0.2, 0) is 9.59 Å². The Bertz CT molecular complexity index is 459. The van der Waals surface area contributed by atoms with Gasteiger partial charge in [0.2, 0.25) is 5.91 Å². The van der Waals surface area contributed by atoms with Crippen molar-refractivity contribution < 1.29 is 14.4 Å². The fraction of sp³-hybridized carbons (Fsp3) is 0.800. The van der Waals surface area contributed by atoms with Crippen molar-refractivity contribution in [2.24, 2.45) is 5.92 Å². The summed E-state index contributed by atoms with van der Waals surface area (Å²) in [5.41, 5.74) is -1.18. The Hall–Kier alpha value is -1.59. The molecule has 118 valence electrons. The number of carbonyl (C=O) groups is 3. The average molecular weight is 295 g/mol. The molecule has 0 unspecified atom stereocenters. The number of nitrogens with one attached hydrogen (secondary N) is 2. The number of urea groups is 1. The fourth-order valence-corrected chi connectivity index (χ4v) is 3.16. The van der Waals surface area contributed by atoms with Gasteiger partial charge in [-0.1, -0.05) is 6.92 Å². The Morgan fingerprint density at radius 1 is 1.33 bits per heavy atom.